The van der Waals surface area contributed by atoms with Crippen molar-refractivity contribution in [3.63, 3.8) is 0 Å². The van der Waals surface area contributed by atoms with Crippen molar-refractivity contribution in [2.24, 2.45) is 5.73 Å². The van der Waals surface area contributed by atoms with Crippen LogP contribution in [0.1, 0.15) is 20.7 Å². The minimum atomic E-state index is -0.345. The third-order valence-electron chi connectivity index (χ3n) is 3.25. The number of rotatable bonds is 1. The van der Waals surface area contributed by atoms with E-state index in [0.717, 1.165) is 0 Å². The number of fused-ring (bicyclic) bond motifs is 1. The molecule has 5 heteroatoms. The molecule has 2 heterocycles. The van der Waals surface area contributed by atoms with E-state index in [1.807, 2.05) is 0 Å². The molecule has 0 bridgehead atoms. The van der Waals surface area contributed by atoms with Gasteiger partial charge >= 0.3 is 0 Å². The van der Waals surface area contributed by atoms with E-state index in [9.17, 15) is 9.59 Å². The quantitative estimate of drug-likeness (QED) is 0.692. The third kappa shape index (κ3) is 1.40. The number of hydrogen-bond donors (Lipinski definition) is 1. The first-order valence-electron chi connectivity index (χ1n) is 5.50. The van der Waals surface area contributed by atoms with Gasteiger partial charge in [0, 0.05) is 0 Å². The van der Waals surface area contributed by atoms with Gasteiger partial charge < -0.3 is 10.5 Å². The summed E-state index contributed by atoms with van der Waals surface area (Å²) in [5.41, 5.74) is 6.76. The van der Waals surface area contributed by atoms with Crippen molar-refractivity contribution in [1.29, 1.82) is 0 Å². The van der Waals surface area contributed by atoms with Gasteiger partial charge in [0.1, 0.15) is 0 Å². The molecular weight excluding hydrogens is 220 g/mol. The van der Waals surface area contributed by atoms with E-state index < -0.39 is 0 Å². The number of amides is 2. The number of benzene rings is 1. The summed E-state index contributed by atoms with van der Waals surface area (Å²) in [6, 6.07) is 6.19. The molecule has 0 unspecified atom stereocenters. The number of nitrogens with two attached hydrogens (primary N) is 1. The van der Waals surface area contributed by atoms with Crippen molar-refractivity contribution in [2.75, 3.05) is 13.2 Å². The SMILES string of the molecule is N[C@H]1COC[C@H]1N1C(=O)c2ccccc2C1=O. The van der Waals surface area contributed by atoms with E-state index in [1.165, 1.54) is 4.90 Å². The number of hydrogen-bond acceptors (Lipinski definition) is 4. The van der Waals surface area contributed by atoms with E-state index in [-0.39, 0.29) is 23.9 Å². The molecule has 88 valence electrons. The van der Waals surface area contributed by atoms with Crippen LogP contribution in [-0.2, 0) is 4.74 Å². The van der Waals surface area contributed by atoms with E-state index in [0.29, 0.717) is 24.3 Å². The predicted molar refractivity (Wildman–Crippen MR) is 59.5 cm³/mol. The molecule has 1 aromatic carbocycles. The summed E-state index contributed by atoms with van der Waals surface area (Å²) in [5, 5.41) is 0. The fraction of sp³-hybridized carbons (Fsp3) is 0.333. The van der Waals surface area contributed by atoms with Gasteiger partial charge in [0.25, 0.3) is 11.8 Å². The molecule has 5 nitrogen and oxygen atoms in total. The van der Waals surface area contributed by atoms with Gasteiger partial charge in [0.15, 0.2) is 0 Å². The Labute approximate surface area is 98.1 Å². The molecule has 2 aliphatic heterocycles. The van der Waals surface area contributed by atoms with Gasteiger partial charge in [-0.25, -0.2) is 0 Å². The summed E-state index contributed by atoms with van der Waals surface area (Å²) in [6.45, 7) is 0.713. The normalized spacial score (nSPS) is 27.7. The molecule has 1 saturated heterocycles. The van der Waals surface area contributed by atoms with Crippen LogP contribution in [0.15, 0.2) is 24.3 Å². The standard InChI is InChI=1S/C12H12N2O3/c13-9-5-17-6-10(9)14-11(15)7-3-1-2-4-8(7)12(14)16/h1-4,9-10H,5-6,13H2/t9-,10+/m0/s1. The van der Waals surface area contributed by atoms with Crippen molar-refractivity contribution >= 4 is 11.8 Å². The average molecular weight is 232 g/mol. The fourth-order valence-electron chi connectivity index (χ4n) is 2.33. The minimum absolute atomic E-state index is 0.267. The van der Waals surface area contributed by atoms with Crippen molar-refractivity contribution in [3.8, 4) is 0 Å². The number of imide groups is 1. The summed E-state index contributed by atoms with van der Waals surface area (Å²) in [6.07, 6.45) is 0. The Morgan fingerprint density at radius 1 is 1.12 bits per heavy atom. The van der Waals surface area contributed by atoms with Gasteiger partial charge in [-0.3, -0.25) is 14.5 Å². The van der Waals surface area contributed by atoms with Crippen molar-refractivity contribution in [1.82, 2.24) is 4.90 Å². The molecule has 1 fully saturated rings. The van der Waals surface area contributed by atoms with Crippen LogP contribution in [0.3, 0.4) is 0 Å². The Balaban J connectivity index is 2.00. The second-order valence-electron chi connectivity index (χ2n) is 4.29. The van der Waals surface area contributed by atoms with Crippen LogP contribution in [0, 0.1) is 0 Å². The van der Waals surface area contributed by atoms with Crippen LogP contribution in [0.4, 0.5) is 0 Å². The summed E-state index contributed by atoms with van der Waals surface area (Å²) in [5.74, 6) is -0.534. The molecular formula is C12H12N2O3. The lowest BCUT2D eigenvalue weighted by molar-refractivity contribution is 0.0558. The summed E-state index contributed by atoms with van der Waals surface area (Å²) in [4.78, 5) is 25.5. The lowest BCUT2D eigenvalue weighted by atomic mass is 10.1. The maximum Gasteiger partial charge on any atom is 0.261 e. The molecule has 0 saturated carbocycles. The van der Waals surface area contributed by atoms with Crippen LogP contribution < -0.4 is 5.73 Å². The maximum absolute atomic E-state index is 12.1. The average Bonchev–Trinajstić information content (AvgIpc) is 2.84. The zero-order chi connectivity index (χ0) is 12.0. The maximum atomic E-state index is 12.1. The monoisotopic (exact) mass is 232 g/mol. The van der Waals surface area contributed by atoms with Gasteiger partial charge in [-0.2, -0.15) is 0 Å². The fourth-order valence-corrected chi connectivity index (χ4v) is 2.33. The van der Waals surface area contributed by atoms with Crippen molar-refractivity contribution < 1.29 is 14.3 Å². The zero-order valence-electron chi connectivity index (χ0n) is 9.13. The summed E-state index contributed by atoms with van der Waals surface area (Å²) in [7, 11) is 0. The second-order valence-corrected chi connectivity index (χ2v) is 4.29. The van der Waals surface area contributed by atoms with Gasteiger partial charge in [-0.15, -0.1) is 0 Å². The first kappa shape index (κ1) is 10.4. The van der Waals surface area contributed by atoms with Gasteiger partial charge in [-0.05, 0) is 12.1 Å². The smallest absolute Gasteiger partial charge is 0.261 e. The number of nitrogens with zero attached hydrogens (tertiary/aromatic N) is 1. The van der Waals surface area contributed by atoms with Crippen LogP contribution in [0.2, 0.25) is 0 Å². The highest BCUT2D eigenvalue weighted by molar-refractivity contribution is 6.21. The lowest BCUT2D eigenvalue weighted by Crippen LogP contribution is -2.49. The van der Waals surface area contributed by atoms with Gasteiger partial charge in [0.05, 0.1) is 36.4 Å². The Morgan fingerprint density at radius 3 is 2.18 bits per heavy atom. The minimum Gasteiger partial charge on any atom is -0.378 e. The Morgan fingerprint density at radius 2 is 1.71 bits per heavy atom. The number of carbonyl (C=O) groups excluding carboxylic acids is 2. The van der Waals surface area contributed by atoms with E-state index in [4.69, 9.17) is 10.5 Å². The highest BCUT2D eigenvalue weighted by Crippen LogP contribution is 2.26. The highest BCUT2D eigenvalue weighted by atomic mass is 16.5. The van der Waals surface area contributed by atoms with Gasteiger partial charge in [-0.1, -0.05) is 12.1 Å². The Bertz CT molecular complexity index is 465. The molecule has 2 amide bonds. The van der Waals surface area contributed by atoms with Crippen molar-refractivity contribution in [3.05, 3.63) is 35.4 Å². The molecule has 17 heavy (non-hydrogen) atoms. The summed E-state index contributed by atoms with van der Waals surface area (Å²) < 4.78 is 5.21. The van der Waals surface area contributed by atoms with E-state index >= 15 is 0 Å². The largest absolute Gasteiger partial charge is 0.378 e. The number of ether oxygens (including phenoxy) is 1. The Kier molecular flexibility index (Phi) is 2.24. The molecule has 0 aromatic heterocycles. The van der Waals surface area contributed by atoms with Crippen LogP contribution in [-0.4, -0.2) is 42.0 Å². The van der Waals surface area contributed by atoms with E-state index in [1.54, 1.807) is 24.3 Å². The van der Waals surface area contributed by atoms with E-state index in [2.05, 4.69) is 0 Å². The molecule has 2 aliphatic rings. The topological polar surface area (TPSA) is 72.6 Å². The molecule has 0 spiro atoms. The highest BCUT2D eigenvalue weighted by Gasteiger charge is 2.43. The van der Waals surface area contributed by atoms with Crippen LogP contribution in [0.25, 0.3) is 0 Å². The van der Waals surface area contributed by atoms with Gasteiger partial charge in [0.2, 0.25) is 0 Å². The van der Waals surface area contributed by atoms with Crippen LogP contribution in [0.5, 0.6) is 0 Å². The first-order valence-corrected chi connectivity index (χ1v) is 5.50. The molecule has 2 atom stereocenters. The lowest BCUT2D eigenvalue weighted by Gasteiger charge is -2.23. The third-order valence-corrected chi connectivity index (χ3v) is 3.25. The number of carbonyl (C=O) groups is 2. The zero-order valence-corrected chi connectivity index (χ0v) is 9.13. The molecule has 3 rings (SSSR count). The molecule has 2 N–H and O–H groups in total. The molecule has 0 aliphatic carbocycles. The summed E-state index contributed by atoms with van der Waals surface area (Å²) >= 11 is 0. The van der Waals surface area contributed by atoms with Crippen LogP contribution >= 0.6 is 0 Å². The first-order chi connectivity index (χ1) is 8.20. The second kappa shape index (κ2) is 3.65. The Hall–Kier alpha value is -1.72. The van der Waals surface area contributed by atoms with Crippen molar-refractivity contribution in [2.45, 2.75) is 12.1 Å². The molecule has 1 aromatic rings. The molecule has 0 radical (unpaired) electrons. The predicted octanol–water partition coefficient (Wildman–Crippen LogP) is 0.00870.